The molecule has 8 heteroatoms. The molecule has 0 saturated carbocycles. The van der Waals surface area contributed by atoms with Crippen molar-refractivity contribution >= 4 is 33.0 Å². The summed E-state index contributed by atoms with van der Waals surface area (Å²) in [6, 6.07) is 1.67. The Morgan fingerprint density at radius 3 is 2.71 bits per heavy atom. The van der Waals surface area contributed by atoms with Gasteiger partial charge in [0, 0.05) is 16.6 Å². The lowest BCUT2D eigenvalue weighted by atomic mass is 10.2. The number of rotatable bonds is 5. The second kappa shape index (κ2) is 5.90. The molecule has 2 aromatic rings. The van der Waals surface area contributed by atoms with Crippen LogP contribution in [0.25, 0.3) is 0 Å². The number of anilines is 1. The highest BCUT2D eigenvalue weighted by Gasteiger charge is 2.27. The molecule has 0 aliphatic heterocycles. The molecule has 0 atom stereocenters. The van der Waals surface area contributed by atoms with Gasteiger partial charge in [0.2, 0.25) is 0 Å². The van der Waals surface area contributed by atoms with E-state index in [9.17, 15) is 13.2 Å². The monoisotopic (exact) mass is 328 g/mol. The van der Waals surface area contributed by atoms with Crippen LogP contribution in [0.3, 0.4) is 0 Å². The van der Waals surface area contributed by atoms with Gasteiger partial charge in [0.15, 0.2) is 0 Å². The van der Waals surface area contributed by atoms with E-state index in [0.29, 0.717) is 16.9 Å². The zero-order valence-electron chi connectivity index (χ0n) is 11.9. The lowest BCUT2D eigenvalue weighted by molar-refractivity contribution is 0.0519. The molecule has 0 bridgehead atoms. The first-order chi connectivity index (χ1) is 9.86. The van der Waals surface area contributed by atoms with Gasteiger partial charge in [-0.05, 0) is 32.2 Å². The Morgan fingerprint density at radius 1 is 1.43 bits per heavy atom. The normalized spacial score (nSPS) is 11.4. The van der Waals surface area contributed by atoms with Crippen LogP contribution in [0.15, 0.2) is 21.7 Å². The third-order valence-corrected chi connectivity index (χ3v) is 5.23. The quantitative estimate of drug-likeness (QED) is 0.826. The summed E-state index contributed by atoms with van der Waals surface area (Å²) >= 11 is 1.39. The molecule has 2 aromatic heterocycles. The number of carbonyl (C=O) groups is 1. The summed E-state index contributed by atoms with van der Waals surface area (Å²) in [6.07, 6.45) is 0. The van der Waals surface area contributed by atoms with Crippen molar-refractivity contribution < 1.29 is 17.9 Å². The summed E-state index contributed by atoms with van der Waals surface area (Å²) in [5.41, 5.74) is 1.42. The first-order valence-corrected chi connectivity index (χ1v) is 8.70. The minimum Gasteiger partial charge on any atom is -0.461 e. The average molecular weight is 328 g/mol. The van der Waals surface area contributed by atoms with Crippen LogP contribution in [-0.2, 0) is 14.8 Å². The van der Waals surface area contributed by atoms with Gasteiger partial charge in [0.1, 0.15) is 10.6 Å². The van der Waals surface area contributed by atoms with Gasteiger partial charge in [0.05, 0.1) is 12.3 Å². The minimum atomic E-state index is -3.75. The highest BCUT2D eigenvalue weighted by atomic mass is 32.2. The third-order valence-electron chi connectivity index (χ3n) is 2.89. The molecule has 0 aliphatic rings. The van der Waals surface area contributed by atoms with E-state index in [0.717, 1.165) is 0 Å². The predicted molar refractivity (Wildman–Crippen MR) is 81.4 cm³/mol. The molecule has 0 spiro atoms. The van der Waals surface area contributed by atoms with Gasteiger partial charge in [-0.1, -0.05) is 0 Å². The van der Waals surface area contributed by atoms with Crippen LogP contribution < -0.4 is 4.72 Å². The number of hydrogen-bond donors (Lipinski definition) is 2. The van der Waals surface area contributed by atoms with Gasteiger partial charge in [-0.3, -0.25) is 4.72 Å². The van der Waals surface area contributed by atoms with Crippen LogP contribution in [0.1, 0.15) is 28.7 Å². The van der Waals surface area contributed by atoms with E-state index in [1.165, 1.54) is 11.3 Å². The largest absolute Gasteiger partial charge is 0.461 e. The number of carbonyl (C=O) groups excluding carboxylic acids is 1. The molecule has 21 heavy (non-hydrogen) atoms. The molecule has 2 heterocycles. The zero-order valence-corrected chi connectivity index (χ0v) is 13.5. The Morgan fingerprint density at radius 2 is 2.14 bits per heavy atom. The van der Waals surface area contributed by atoms with Crippen LogP contribution in [0.5, 0.6) is 0 Å². The lowest BCUT2D eigenvalue weighted by Crippen LogP contribution is -2.14. The number of esters is 1. The Kier molecular flexibility index (Phi) is 4.38. The van der Waals surface area contributed by atoms with Gasteiger partial charge in [-0.2, -0.15) is 11.3 Å². The number of sulfonamides is 1. The van der Waals surface area contributed by atoms with Crippen molar-refractivity contribution in [1.82, 2.24) is 4.98 Å². The van der Waals surface area contributed by atoms with Gasteiger partial charge in [0.25, 0.3) is 10.0 Å². The van der Waals surface area contributed by atoms with E-state index in [2.05, 4.69) is 9.71 Å². The Bertz CT molecular complexity index is 745. The van der Waals surface area contributed by atoms with Crippen molar-refractivity contribution in [2.24, 2.45) is 0 Å². The molecule has 0 fully saturated rings. The second-order valence-corrected chi connectivity index (χ2v) is 6.82. The topological polar surface area (TPSA) is 88.3 Å². The third kappa shape index (κ3) is 3.11. The molecule has 2 rings (SSSR count). The summed E-state index contributed by atoms with van der Waals surface area (Å²) in [5.74, 6) is -0.560. The van der Waals surface area contributed by atoms with Gasteiger partial charge in [-0.25, -0.2) is 13.2 Å². The van der Waals surface area contributed by atoms with Gasteiger partial charge >= 0.3 is 5.97 Å². The molecular weight excluding hydrogens is 312 g/mol. The first-order valence-electron chi connectivity index (χ1n) is 6.28. The van der Waals surface area contributed by atoms with E-state index in [1.54, 1.807) is 37.6 Å². The predicted octanol–water partition coefficient (Wildman–Crippen LogP) is 2.67. The number of aromatic amines is 1. The average Bonchev–Trinajstić information content (AvgIpc) is 2.97. The zero-order chi connectivity index (χ0) is 15.6. The SMILES string of the molecule is CCOC(=O)c1[nH]c(C)c(S(=O)(=O)Nc2ccsc2)c1C. The highest BCUT2D eigenvalue weighted by Crippen LogP contribution is 2.26. The van der Waals surface area contributed by atoms with Crippen molar-refractivity contribution in [2.75, 3.05) is 11.3 Å². The van der Waals surface area contributed by atoms with Crippen molar-refractivity contribution in [2.45, 2.75) is 25.7 Å². The van der Waals surface area contributed by atoms with Crippen LogP contribution in [0.2, 0.25) is 0 Å². The van der Waals surface area contributed by atoms with Crippen molar-refractivity contribution in [3.05, 3.63) is 33.8 Å². The number of ether oxygens (including phenoxy) is 1. The van der Waals surface area contributed by atoms with Gasteiger partial charge < -0.3 is 9.72 Å². The van der Waals surface area contributed by atoms with Crippen LogP contribution >= 0.6 is 11.3 Å². The fourth-order valence-electron chi connectivity index (χ4n) is 2.07. The molecule has 0 amide bonds. The van der Waals surface area contributed by atoms with Crippen LogP contribution in [-0.4, -0.2) is 26.0 Å². The molecule has 6 nitrogen and oxygen atoms in total. The van der Waals surface area contributed by atoms with E-state index in [4.69, 9.17) is 4.74 Å². The number of H-pyrrole nitrogens is 1. The maximum Gasteiger partial charge on any atom is 0.355 e. The van der Waals surface area contributed by atoms with Crippen LogP contribution in [0.4, 0.5) is 5.69 Å². The van der Waals surface area contributed by atoms with Crippen molar-refractivity contribution in [3.63, 3.8) is 0 Å². The molecule has 0 saturated heterocycles. The first kappa shape index (κ1) is 15.6. The smallest absolute Gasteiger partial charge is 0.355 e. The molecule has 0 aromatic carbocycles. The summed E-state index contributed by atoms with van der Waals surface area (Å²) in [6.45, 7) is 5.11. The van der Waals surface area contributed by atoms with Crippen LogP contribution in [0, 0.1) is 13.8 Å². The maximum absolute atomic E-state index is 12.5. The standard InChI is InChI=1S/C13H16N2O4S2/c1-4-19-13(16)11-8(2)12(9(3)14-11)21(17,18)15-10-5-6-20-7-10/h5-7,14-15H,4H2,1-3H3. The number of thiophene rings is 1. The number of aromatic nitrogens is 1. The summed E-state index contributed by atoms with van der Waals surface area (Å²) in [4.78, 5) is 14.7. The summed E-state index contributed by atoms with van der Waals surface area (Å²) in [7, 11) is -3.75. The number of hydrogen-bond acceptors (Lipinski definition) is 5. The fraction of sp³-hybridized carbons (Fsp3) is 0.308. The summed E-state index contributed by atoms with van der Waals surface area (Å²) in [5, 5.41) is 3.47. The Hall–Kier alpha value is -1.80. The number of nitrogens with one attached hydrogen (secondary N) is 2. The van der Waals surface area contributed by atoms with E-state index >= 15 is 0 Å². The highest BCUT2D eigenvalue weighted by molar-refractivity contribution is 7.92. The Labute approximate surface area is 127 Å². The van der Waals surface area contributed by atoms with E-state index in [1.807, 2.05) is 0 Å². The fourth-order valence-corrected chi connectivity index (χ4v) is 4.23. The van der Waals surface area contributed by atoms with Crippen molar-refractivity contribution in [1.29, 1.82) is 0 Å². The van der Waals surface area contributed by atoms with E-state index in [-0.39, 0.29) is 17.2 Å². The second-order valence-electron chi connectivity index (χ2n) is 4.42. The molecule has 114 valence electrons. The molecule has 0 unspecified atom stereocenters. The molecular formula is C13H16N2O4S2. The number of aryl methyl sites for hydroxylation is 1. The summed E-state index contributed by atoms with van der Waals surface area (Å²) < 4.78 is 32.3. The van der Waals surface area contributed by atoms with Gasteiger partial charge in [-0.15, -0.1) is 0 Å². The molecule has 2 N–H and O–H groups in total. The Balaban J connectivity index is 2.42. The van der Waals surface area contributed by atoms with Crippen molar-refractivity contribution in [3.8, 4) is 0 Å². The molecule has 0 aliphatic carbocycles. The minimum absolute atomic E-state index is 0.0803. The molecule has 0 radical (unpaired) electrons. The maximum atomic E-state index is 12.5. The lowest BCUT2D eigenvalue weighted by Gasteiger charge is -2.07. The van der Waals surface area contributed by atoms with E-state index < -0.39 is 16.0 Å².